The first-order valence-corrected chi connectivity index (χ1v) is 11.2. The van der Waals surface area contributed by atoms with Gasteiger partial charge >= 0.3 is 0 Å². The zero-order valence-electron chi connectivity index (χ0n) is 19.7. The minimum atomic E-state index is -0.389. The highest BCUT2D eigenvalue weighted by Crippen LogP contribution is 2.19. The second-order valence-corrected chi connectivity index (χ2v) is 8.69. The van der Waals surface area contributed by atoms with Crippen LogP contribution in [0.4, 0.5) is 0 Å². The molecule has 0 aliphatic carbocycles. The number of pyridine rings is 1. The Morgan fingerprint density at radius 1 is 1.15 bits per heavy atom. The topological polar surface area (TPSA) is 79.2 Å². The van der Waals surface area contributed by atoms with Crippen LogP contribution in [0.25, 0.3) is 5.65 Å². The van der Waals surface area contributed by atoms with E-state index >= 15 is 0 Å². The van der Waals surface area contributed by atoms with Gasteiger partial charge in [0.05, 0.1) is 7.11 Å². The summed E-state index contributed by atoms with van der Waals surface area (Å²) in [5.41, 5.74) is 4.45. The van der Waals surface area contributed by atoms with Crippen molar-refractivity contribution in [2.75, 3.05) is 40.3 Å². The standard InChI is InChI=1S/C25H31N5O3/c1-17-5-8-23-27-20(15-30(23)14-17)25(32)29-12-11-28(3)21(16-29)24(31)26-10-9-19-6-7-22(33-4)18(2)13-19/h5-8,13-15,21H,9-12,16H2,1-4H3,(H,26,31)/t21-/m0/s1. The van der Waals surface area contributed by atoms with Crippen LogP contribution in [0, 0.1) is 13.8 Å². The molecular weight excluding hydrogens is 418 g/mol. The van der Waals surface area contributed by atoms with Gasteiger partial charge in [0.1, 0.15) is 23.1 Å². The second-order valence-electron chi connectivity index (χ2n) is 8.69. The molecule has 1 N–H and O–H groups in total. The Hall–Kier alpha value is -3.39. The number of fused-ring (bicyclic) bond motifs is 1. The van der Waals surface area contributed by atoms with Crippen molar-refractivity contribution in [3.8, 4) is 5.75 Å². The molecule has 3 aromatic rings. The second kappa shape index (κ2) is 9.62. The molecule has 0 unspecified atom stereocenters. The molecule has 2 amide bonds. The normalized spacial score (nSPS) is 16.7. The zero-order valence-corrected chi connectivity index (χ0v) is 19.7. The summed E-state index contributed by atoms with van der Waals surface area (Å²) in [5, 5.41) is 3.04. The van der Waals surface area contributed by atoms with Crippen molar-refractivity contribution in [2.45, 2.75) is 26.3 Å². The van der Waals surface area contributed by atoms with E-state index in [9.17, 15) is 9.59 Å². The number of hydrogen-bond acceptors (Lipinski definition) is 5. The van der Waals surface area contributed by atoms with E-state index in [0.717, 1.165) is 34.5 Å². The van der Waals surface area contributed by atoms with Gasteiger partial charge in [-0.05, 0) is 56.1 Å². The molecule has 8 heteroatoms. The maximum Gasteiger partial charge on any atom is 0.274 e. The van der Waals surface area contributed by atoms with Gasteiger partial charge in [0.2, 0.25) is 5.91 Å². The summed E-state index contributed by atoms with van der Waals surface area (Å²) in [6, 6.07) is 9.53. The minimum absolute atomic E-state index is 0.0640. The van der Waals surface area contributed by atoms with Gasteiger partial charge in [0.25, 0.3) is 5.91 Å². The molecule has 174 valence electrons. The van der Waals surface area contributed by atoms with Gasteiger partial charge < -0.3 is 19.4 Å². The fourth-order valence-corrected chi connectivity index (χ4v) is 4.25. The number of methoxy groups -OCH3 is 1. The Balaban J connectivity index is 1.36. The predicted molar refractivity (Wildman–Crippen MR) is 127 cm³/mol. The van der Waals surface area contributed by atoms with E-state index in [4.69, 9.17) is 4.74 Å². The Morgan fingerprint density at radius 2 is 1.97 bits per heavy atom. The molecule has 0 saturated carbocycles. The Kier molecular flexibility index (Phi) is 6.65. The van der Waals surface area contributed by atoms with Crippen molar-refractivity contribution in [1.82, 2.24) is 24.5 Å². The third kappa shape index (κ3) is 5.01. The van der Waals surface area contributed by atoms with E-state index in [2.05, 4.69) is 16.4 Å². The quantitative estimate of drug-likeness (QED) is 0.623. The maximum absolute atomic E-state index is 13.1. The number of aryl methyl sites for hydroxylation is 2. The van der Waals surface area contributed by atoms with Crippen molar-refractivity contribution in [1.29, 1.82) is 0 Å². The molecule has 1 atom stereocenters. The molecule has 0 radical (unpaired) electrons. The number of aromatic nitrogens is 2. The number of nitrogens with one attached hydrogen (secondary N) is 1. The highest BCUT2D eigenvalue weighted by atomic mass is 16.5. The number of nitrogens with zero attached hydrogens (tertiary/aromatic N) is 4. The number of rotatable bonds is 6. The van der Waals surface area contributed by atoms with Crippen LogP contribution < -0.4 is 10.1 Å². The Labute approximate surface area is 194 Å². The molecule has 8 nitrogen and oxygen atoms in total. The van der Waals surface area contributed by atoms with Gasteiger partial charge in [-0.2, -0.15) is 0 Å². The van der Waals surface area contributed by atoms with Crippen LogP contribution in [0.5, 0.6) is 5.75 Å². The van der Waals surface area contributed by atoms with Gasteiger partial charge in [-0.3, -0.25) is 14.5 Å². The Bertz CT molecular complexity index is 1170. The lowest BCUT2D eigenvalue weighted by Gasteiger charge is -2.38. The van der Waals surface area contributed by atoms with Gasteiger partial charge in [-0.15, -0.1) is 0 Å². The van der Waals surface area contributed by atoms with Crippen LogP contribution in [0.15, 0.2) is 42.7 Å². The van der Waals surface area contributed by atoms with E-state index in [-0.39, 0.29) is 17.9 Å². The number of imidazole rings is 1. The summed E-state index contributed by atoms with van der Waals surface area (Å²) in [6.07, 6.45) is 4.44. The van der Waals surface area contributed by atoms with Crippen LogP contribution in [-0.2, 0) is 11.2 Å². The molecule has 1 fully saturated rings. The van der Waals surface area contributed by atoms with Gasteiger partial charge in [0.15, 0.2) is 0 Å². The summed E-state index contributed by atoms with van der Waals surface area (Å²) >= 11 is 0. The Morgan fingerprint density at radius 3 is 2.73 bits per heavy atom. The van der Waals surface area contributed by atoms with Crippen LogP contribution >= 0.6 is 0 Å². The van der Waals surface area contributed by atoms with Crippen molar-refractivity contribution < 1.29 is 14.3 Å². The SMILES string of the molecule is COc1ccc(CCNC(=O)[C@@H]2CN(C(=O)c3cn4cc(C)ccc4n3)CCN2C)cc1C. The van der Waals surface area contributed by atoms with Crippen LogP contribution in [-0.4, -0.2) is 77.4 Å². The van der Waals surface area contributed by atoms with Crippen LogP contribution in [0.1, 0.15) is 27.2 Å². The molecule has 0 spiro atoms. The first-order valence-electron chi connectivity index (χ1n) is 11.2. The maximum atomic E-state index is 13.1. The lowest BCUT2D eigenvalue weighted by atomic mass is 10.1. The number of carbonyl (C=O) groups excluding carboxylic acids is 2. The summed E-state index contributed by atoms with van der Waals surface area (Å²) in [6.45, 7) is 6.09. The van der Waals surface area contributed by atoms with Crippen molar-refractivity contribution in [3.63, 3.8) is 0 Å². The average Bonchev–Trinajstić information content (AvgIpc) is 3.22. The largest absolute Gasteiger partial charge is 0.496 e. The van der Waals surface area contributed by atoms with Crippen molar-refractivity contribution in [3.05, 3.63) is 65.1 Å². The molecule has 3 heterocycles. The number of ether oxygens (including phenoxy) is 1. The summed E-state index contributed by atoms with van der Waals surface area (Å²) < 4.78 is 7.17. The van der Waals surface area contributed by atoms with E-state index in [0.29, 0.717) is 31.9 Å². The molecule has 1 aliphatic heterocycles. The molecule has 1 aromatic carbocycles. The fraction of sp³-hybridized carbons (Fsp3) is 0.400. The first-order chi connectivity index (χ1) is 15.9. The molecule has 1 saturated heterocycles. The van der Waals surface area contributed by atoms with E-state index < -0.39 is 0 Å². The lowest BCUT2D eigenvalue weighted by Crippen LogP contribution is -2.58. The third-order valence-electron chi connectivity index (χ3n) is 6.23. The first kappa shape index (κ1) is 22.8. The molecule has 4 rings (SSSR count). The average molecular weight is 450 g/mol. The molecule has 1 aliphatic rings. The summed E-state index contributed by atoms with van der Waals surface area (Å²) in [4.78, 5) is 34.2. The fourth-order valence-electron chi connectivity index (χ4n) is 4.25. The summed E-state index contributed by atoms with van der Waals surface area (Å²) in [7, 11) is 3.58. The molecule has 2 aromatic heterocycles. The number of hydrogen-bond donors (Lipinski definition) is 1. The molecule has 0 bridgehead atoms. The van der Waals surface area contributed by atoms with Crippen LogP contribution in [0.2, 0.25) is 0 Å². The van der Waals surface area contributed by atoms with E-state index in [1.807, 2.05) is 60.7 Å². The highest BCUT2D eigenvalue weighted by molar-refractivity contribution is 5.93. The van der Waals surface area contributed by atoms with Crippen molar-refractivity contribution in [2.24, 2.45) is 0 Å². The smallest absolute Gasteiger partial charge is 0.274 e. The monoisotopic (exact) mass is 449 g/mol. The van der Waals surface area contributed by atoms with E-state index in [1.165, 1.54) is 0 Å². The number of benzene rings is 1. The van der Waals surface area contributed by atoms with Crippen molar-refractivity contribution >= 4 is 17.5 Å². The zero-order chi connectivity index (χ0) is 23.5. The predicted octanol–water partition coefficient (Wildman–Crippen LogP) is 2.07. The van der Waals surface area contributed by atoms with Crippen LogP contribution in [0.3, 0.4) is 0 Å². The third-order valence-corrected chi connectivity index (χ3v) is 6.23. The van der Waals surface area contributed by atoms with Gasteiger partial charge in [-0.1, -0.05) is 18.2 Å². The number of carbonyl (C=O) groups is 2. The number of likely N-dealkylation sites (N-methyl/N-ethyl adjacent to an activating group) is 1. The highest BCUT2D eigenvalue weighted by Gasteiger charge is 2.33. The minimum Gasteiger partial charge on any atom is -0.496 e. The van der Waals surface area contributed by atoms with Gasteiger partial charge in [0, 0.05) is 38.6 Å². The van der Waals surface area contributed by atoms with E-state index in [1.54, 1.807) is 18.2 Å². The van der Waals surface area contributed by atoms with Gasteiger partial charge in [-0.25, -0.2) is 4.98 Å². The number of piperazine rings is 1. The molecule has 33 heavy (non-hydrogen) atoms. The molecular formula is C25H31N5O3. The number of amides is 2. The summed E-state index contributed by atoms with van der Waals surface area (Å²) in [5.74, 6) is 0.652. The lowest BCUT2D eigenvalue weighted by molar-refractivity contribution is -0.127.